The van der Waals surface area contributed by atoms with Gasteiger partial charge in [-0.05, 0) is 19.0 Å². The molecule has 1 aliphatic heterocycles. The number of carbonyl (C=O) groups excluding carboxylic acids is 1. The molecule has 0 spiro atoms. The summed E-state index contributed by atoms with van der Waals surface area (Å²) in [5.74, 6) is 0.450. The normalized spacial score (nSPS) is 31.4. The van der Waals surface area contributed by atoms with E-state index in [4.69, 9.17) is 0 Å². The van der Waals surface area contributed by atoms with Gasteiger partial charge in [-0.15, -0.1) is 9.24 Å². The van der Waals surface area contributed by atoms with Crippen molar-refractivity contribution in [3.63, 3.8) is 0 Å². The maximum Gasteiger partial charge on any atom is 0.223 e. The molecule has 1 N–H and O–H groups in total. The van der Waals surface area contributed by atoms with Crippen LogP contribution in [0.15, 0.2) is 0 Å². The first-order chi connectivity index (χ1) is 6.24. The molecule has 1 aliphatic rings. The fourth-order valence-electron chi connectivity index (χ4n) is 1.74. The van der Waals surface area contributed by atoms with Crippen molar-refractivity contribution in [2.24, 2.45) is 5.92 Å². The van der Waals surface area contributed by atoms with Gasteiger partial charge in [0.25, 0.3) is 0 Å². The first-order valence-electron chi connectivity index (χ1n) is 5.24. The maximum atomic E-state index is 11.6. The Kier molecular flexibility index (Phi) is 4.72. The van der Waals surface area contributed by atoms with Crippen LogP contribution in [0.5, 0.6) is 0 Å². The summed E-state index contributed by atoms with van der Waals surface area (Å²) in [5, 5.41) is 3.10. The van der Waals surface area contributed by atoms with Crippen LogP contribution in [0.3, 0.4) is 0 Å². The molecule has 1 amide bonds. The molecule has 0 aromatic heterocycles. The summed E-state index contributed by atoms with van der Waals surface area (Å²) in [6.07, 6.45) is 6.92. The van der Waals surface area contributed by atoms with Crippen molar-refractivity contribution in [1.82, 2.24) is 5.32 Å². The second-order valence-electron chi connectivity index (χ2n) is 3.98. The van der Waals surface area contributed by atoms with E-state index in [2.05, 4.69) is 14.6 Å². The van der Waals surface area contributed by atoms with E-state index in [-0.39, 0.29) is 11.8 Å². The molecule has 0 bridgehead atoms. The Bertz CT molecular complexity index is 172. The summed E-state index contributed by atoms with van der Waals surface area (Å²) < 4.78 is 0. The highest BCUT2D eigenvalue weighted by molar-refractivity contribution is 7.16. The second-order valence-corrected chi connectivity index (χ2v) is 4.45. The third-order valence-corrected chi connectivity index (χ3v) is 3.34. The molecule has 0 aromatic carbocycles. The summed E-state index contributed by atoms with van der Waals surface area (Å²) >= 11 is 0. The molecular weight excluding hydrogens is 181 g/mol. The zero-order chi connectivity index (χ0) is 9.68. The standard InChI is InChI=1S/C10H20NOP/c1-8-5-3-2-4-6-9(7-13)11-10(8)12/h8-9H,2-7,13H2,1H3,(H,11,12). The molecular formula is C10H20NOP. The Hall–Kier alpha value is -0.100. The molecule has 1 fully saturated rings. The minimum atomic E-state index is 0.206. The third kappa shape index (κ3) is 3.64. The zero-order valence-corrected chi connectivity index (χ0v) is 9.54. The van der Waals surface area contributed by atoms with Crippen molar-refractivity contribution in [1.29, 1.82) is 0 Å². The maximum absolute atomic E-state index is 11.6. The summed E-state index contributed by atoms with van der Waals surface area (Å²) in [6.45, 7) is 2.03. The number of hydrogen-bond donors (Lipinski definition) is 1. The molecule has 3 unspecified atom stereocenters. The molecule has 2 nitrogen and oxygen atoms in total. The minimum absolute atomic E-state index is 0.206. The van der Waals surface area contributed by atoms with E-state index in [1.807, 2.05) is 6.92 Å². The summed E-state index contributed by atoms with van der Waals surface area (Å²) in [5.41, 5.74) is 0. The van der Waals surface area contributed by atoms with E-state index in [9.17, 15) is 4.79 Å². The van der Waals surface area contributed by atoms with Crippen LogP contribution in [0.25, 0.3) is 0 Å². The van der Waals surface area contributed by atoms with E-state index < -0.39 is 0 Å². The molecule has 3 atom stereocenters. The van der Waals surface area contributed by atoms with Crippen LogP contribution in [0.2, 0.25) is 0 Å². The van der Waals surface area contributed by atoms with Gasteiger partial charge in [0.05, 0.1) is 0 Å². The van der Waals surface area contributed by atoms with Gasteiger partial charge in [0.2, 0.25) is 5.91 Å². The van der Waals surface area contributed by atoms with Gasteiger partial charge in [-0.2, -0.15) is 0 Å². The largest absolute Gasteiger partial charge is 0.353 e. The predicted molar refractivity (Wildman–Crippen MR) is 58.8 cm³/mol. The first-order valence-corrected chi connectivity index (χ1v) is 6.06. The SMILES string of the molecule is CC1CCCCCC(CP)NC1=O. The van der Waals surface area contributed by atoms with E-state index in [0.29, 0.717) is 6.04 Å². The van der Waals surface area contributed by atoms with E-state index in [1.54, 1.807) is 0 Å². The lowest BCUT2D eigenvalue weighted by molar-refractivity contribution is -0.125. The van der Waals surface area contributed by atoms with Crippen LogP contribution in [0.4, 0.5) is 0 Å². The van der Waals surface area contributed by atoms with Gasteiger partial charge < -0.3 is 5.32 Å². The molecule has 0 aromatic rings. The van der Waals surface area contributed by atoms with Gasteiger partial charge in [0.15, 0.2) is 0 Å². The number of carbonyl (C=O) groups is 1. The van der Waals surface area contributed by atoms with Crippen LogP contribution in [-0.4, -0.2) is 18.1 Å². The fourth-order valence-corrected chi connectivity index (χ4v) is 2.10. The van der Waals surface area contributed by atoms with Crippen LogP contribution >= 0.6 is 9.24 Å². The molecule has 0 saturated carbocycles. The van der Waals surface area contributed by atoms with Crippen molar-refractivity contribution in [3.8, 4) is 0 Å². The van der Waals surface area contributed by atoms with Crippen molar-refractivity contribution in [3.05, 3.63) is 0 Å². The minimum Gasteiger partial charge on any atom is -0.353 e. The Balaban J connectivity index is 2.49. The molecule has 1 rings (SSSR count). The van der Waals surface area contributed by atoms with Gasteiger partial charge in [0, 0.05) is 12.0 Å². The first kappa shape index (κ1) is 11.0. The lowest BCUT2D eigenvalue weighted by Gasteiger charge is -2.17. The summed E-state index contributed by atoms with van der Waals surface area (Å²) in [4.78, 5) is 11.6. The molecule has 0 aliphatic carbocycles. The molecule has 3 heteroatoms. The van der Waals surface area contributed by atoms with Gasteiger partial charge in [-0.1, -0.05) is 26.2 Å². The summed E-state index contributed by atoms with van der Waals surface area (Å²) in [6, 6.07) is 0.387. The molecule has 76 valence electrons. The second kappa shape index (κ2) is 5.59. The lowest BCUT2D eigenvalue weighted by atomic mass is 10.0. The average Bonchev–Trinajstić information content (AvgIpc) is 2.20. The number of nitrogens with one attached hydrogen (secondary N) is 1. The van der Waals surface area contributed by atoms with Crippen LogP contribution in [-0.2, 0) is 4.79 Å². The monoisotopic (exact) mass is 201 g/mol. The Labute approximate surface area is 83.1 Å². The molecule has 0 radical (unpaired) electrons. The summed E-state index contributed by atoms with van der Waals surface area (Å²) in [7, 11) is 2.72. The average molecular weight is 201 g/mol. The number of amides is 1. The van der Waals surface area contributed by atoms with Crippen LogP contribution in [0, 0.1) is 5.92 Å². The van der Waals surface area contributed by atoms with Crippen molar-refractivity contribution >= 4 is 15.1 Å². The smallest absolute Gasteiger partial charge is 0.223 e. The Morgan fingerprint density at radius 2 is 2.08 bits per heavy atom. The quantitative estimate of drug-likeness (QED) is 0.645. The van der Waals surface area contributed by atoms with E-state index in [1.165, 1.54) is 19.3 Å². The van der Waals surface area contributed by atoms with Gasteiger partial charge in [0.1, 0.15) is 0 Å². The van der Waals surface area contributed by atoms with Crippen molar-refractivity contribution < 1.29 is 4.79 Å². The van der Waals surface area contributed by atoms with Crippen LogP contribution in [0.1, 0.15) is 39.0 Å². The number of hydrogen-bond acceptors (Lipinski definition) is 1. The van der Waals surface area contributed by atoms with Gasteiger partial charge >= 0.3 is 0 Å². The Morgan fingerprint density at radius 3 is 2.77 bits per heavy atom. The Morgan fingerprint density at radius 1 is 1.38 bits per heavy atom. The molecule has 1 heterocycles. The fraction of sp³-hybridized carbons (Fsp3) is 0.900. The topological polar surface area (TPSA) is 29.1 Å². The third-order valence-electron chi connectivity index (χ3n) is 2.77. The highest BCUT2D eigenvalue weighted by Crippen LogP contribution is 2.15. The highest BCUT2D eigenvalue weighted by Gasteiger charge is 2.17. The lowest BCUT2D eigenvalue weighted by Crippen LogP contribution is -2.38. The van der Waals surface area contributed by atoms with Gasteiger partial charge in [-0.25, -0.2) is 0 Å². The predicted octanol–water partition coefficient (Wildman–Crippen LogP) is 1.95. The highest BCUT2D eigenvalue weighted by atomic mass is 31.0. The van der Waals surface area contributed by atoms with Crippen molar-refractivity contribution in [2.75, 3.05) is 6.16 Å². The van der Waals surface area contributed by atoms with Crippen LogP contribution < -0.4 is 5.32 Å². The number of rotatable bonds is 1. The zero-order valence-electron chi connectivity index (χ0n) is 8.38. The molecule has 1 saturated heterocycles. The van der Waals surface area contributed by atoms with Gasteiger partial charge in [-0.3, -0.25) is 4.79 Å². The van der Waals surface area contributed by atoms with E-state index >= 15 is 0 Å². The molecule has 13 heavy (non-hydrogen) atoms. The van der Waals surface area contributed by atoms with E-state index in [0.717, 1.165) is 19.0 Å². The van der Waals surface area contributed by atoms with Crippen molar-refractivity contribution in [2.45, 2.75) is 45.1 Å².